The number of alkyl halides is 2. The lowest BCUT2D eigenvalue weighted by Gasteiger charge is -2.32. The Morgan fingerprint density at radius 1 is 0.972 bits per heavy atom. The first kappa shape index (κ1) is 22.1. The first-order chi connectivity index (χ1) is 17.4. The third kappa shape index (κ3) is 4.04. The predicted molar refractivity (Wildman–Crippen MR) is 130 cm³/mol. The van der Waals surface area contributed by atoms with Crippen molar-refractivity contribution in [2.45, 2.75) is 18.8 Å². The van der Waals surface area contributed by atoms with E-state index in [4.69, 9.17) is 9.97 Å². The molecule has 8 nitrogen and oxygen atoms in total. The predicted octanol–water partition coefficient (Wildman–Crippen LogP) is 4.51. The van der Waals surface area contributed by atoms with Crippen molar-refractivity contribution in [3.63, 3.8) is 0 Å². The minimum absolute atomic E-state index is 0.0637. The first-order valence-corrected chi connectivity index (χ1v) is 11.6. The molecule has 1 aliphatic heterocycles. The highest BCUT2D eigenvalue weighted by atomic mass is 19.3. The van der Waals surface area contributed by atoms with E-state index in [2.05, 4.69) is 15.1 Å². The van der Waals surface area contributed by atoms with Gasteiger partial charge < -0.3 is 4.90 Å². The molecule has 6 rings (SSSR count). The zero-order valence-corrected chi connectivity index (χ0v) is 19.4. The largest absolute Gasteiger partial charge is 0.331 e. The number of hydrogen-bond donors (Lipinski definition) is 0. The summed E-state index contributed by atoms with van der Waals surface area (Å²) >= 11 is 0. The number of halogens is 2. The molecule has 1 aliphatic rings. The second kappa shape index (κ2) is 8.40. The van der Waals surface area contributed by atoms with Gasteiger partial charge in [-0.2, -0.15) is 5.10 Å². The molecule has 4 aromatic heterocycles. The van der Waals surface area contributed by atoms with E-state index in [1.54, 1.807) is 10.9 Å². The van der Waals surface area contributed by atoms with Crippen LogP contribution in [-0.4, -0.2) is 59.5 Å². The molecule has 0 atom stereocenters. The number of likely N-dealkylation sites (tertiary alicyclic amines) is 1. The Labute approximate surface area is 204 Å². The van der Waals surface area contributed by atoms with E-state index in [1.807, 2.05) is 49.6 Å². The maximum Gasteiger partial charge on any atom is 0.272 e. The summed E-state index contributed by atoms with van der Waals surface area (Å²) in [6.45, 7) is -0.332. The van der Waals surface area contributed by atoms with Crippen LogP contribution in [0.2, 0.25) is 0 Å². The van der Waals surface area contributed by atoms with Gasteiger partial charge in [-0.05, 0) is 18.6 Å². The van der Waals surface area contributed by atoms with Gasteiger partial charge in [0.05, 0.1) is 29.6 Å². The van der Waals surface area contributed by atoms with E-state index in [9.17, 15) is 13.6 Å². The Hall–Kier alpha value is -4.34. The summed E-state index contributed by atoms with van der Waals surface area (Å²) in [5.41, 5.74) is 4.45. The van der Waals surface area contributed by atoms with Gasteiger partial charge in [-0.15, -0.1) is 0 Å². The number of fused-ring (bicyclic) bond motifs is 2. The molecule has 0 aliphatic carbocycles. The molecule has 36 heavy (non-hydrogen) atoms. The Morgan fingerprint density at radius 3 is 2.56 bits per heavy atom. The second-order valence-corrected chi connectivity index (χ2v) is 8.97. The molecule has 1 fully saturated rings. The van der Waals surface area contributed by atoms with Gasteiger partial charge in [0.15, 0.2) is 5.65 Å². The van der Waals surface area contributed by atoms with Crippen LogP contribution in [0, 0.1) is 0 Å². The minimum atomic E-state index is -2.89. The molecule has 1 saturated heterocycles. The number of nitrogens with zero attached hydrogens (tertiary/aromatic N) is 7. The number of piperidine rings is 1. The molecule has 0 saturated carbocycles. The van der Waals surface area contributed by atoms with Crippen LogP contribution in [-0.2, 0) is 7.05 Å². The number of aryl methyl sites for hydroxylation is 1. The van der Waals surface area contributed by atoms with Crippen molar-refractivity contribution < 1.29 is 13.6 Å². The van der Waals surface area contributed by atoms with Crippen LogP contribution in [0.15, 0.2) is 61.1 Å². The van der Waals surface area contributed by atoms with Gasteiger partial charge in [0.25, 0.3) is 11.8 Å². The summed E-state index contributed by atoms with van der Waals surface area (Å²) in [4.78, 5) is 32.6. The van der Waals surface area contributed by atoms with Crippen LogP contribution >= 0.6 is 0 Å². The van der Waals surface area contributed by atoms with Gasteiger partial charge in [-0.1, -0.05) is 30.3 Å². The van der Waals surface area contributed by atoms with E-state index in [0.717, 1.165) is 21.4 Å². The highest BCUT2D eigenvalue weighted by molar-refractivity contribution is 5.96. The minimum Gasteiger partial charge on any atom is -0.331 e. The van der Waals surface area contributed by atoms with Gasteiger partial charge >= 0.3 is 0 Å². The fraction of sp³-hybridized carbons (Fsp3) is 0.231. The van der Waals surface area contributed by atoms with Crippen molar-refractivity contribution in [3.05, 3.63) is 66.7 Å². The molecular weight excluding hydrogens is 464 g/mol. The molecule has 1 aromatic carbocycles. The summed E-state index contributed by atoms with van der Waals surface area (Å²) in [5, 5.41) is 5.18. The van der Waals surface area contributed by atoms with Gasteiger partial charge in [-0.25, -0.2) is 28.7 Å². The fourth-order valence-corrected chi connectivity index (χ4v) is 4.54. The number of hydrogen-bond acceptors (Lipinski definition) is 6. The second-order valence-electron chi connectivity index (χ2n) is 8.97. The van der Waals surface area contributed by atoms with Crippen LogP contribution in [0.25, 0.3) is 44.6 Å². The van der Waals surface area contributed by atoms with Crippen molar-refractivity contribution in [1.29, 1.82) is 0 Å². The monoisotopic (exact) mass is 485 g/mol. The molecule has 0 bridgehead atoms. The van der Waals surface area contributed by atoms with Gasteiger partial charge in [-0.3, -0.25) is 9.48 Å². The molecule has 10 heteroatoms. The average molecular weight is 485 g/mol. The van der Waals surface area contributed by atoms with Crippen molar-refractivity contribution in [2.75, 3.05) is 13.1 Å². The molecular formula is C26H21F2N7O. The highest BCUT2D eigenvalue weighted by Crippen LogP contribution is 2.32. The normalized spacial score (nSPS) is 15.5. The number of carbonyl (C=O) groups excluding carboxylic acids is 1. The van der Waals surface area contributed by atoms with E-state index in [-0.39, 0.29) is 25.1 Å². The maximum absolute atomic E-state index is 13.9. The third-order valence-corrected chi connectivity index (χ3v) is 6.24. The zero-order valence-electron chi connectivity index (χ0n) is 19.4. The number of pyridine rings is 2. The summed E-state index contributed by atoms with van der Waals surface area (Å²) in [7, 11) is 1.83. The number of benzene rings is 1. The standard InChI is InChI=1S/C26H21F2N7O/c1-34-14-18-10-17(12-30-24(18)33-34)23-22(16-6-3-2-4-7-16)32-21-13-29-20(11-19(21)31-23)25(36)35-9-5-8-26(27,28)15-35/h2-4,6-7,10-14H,5,8-9,15H2,1H3. The molecule has 1 amide bonds. The fourth-order valence-electron chi connectivity index (χ4n) is 4.54. The number of aromatic nitrogens is 6. The quantitative estimate of drug-likeness (QED) is 0.374. The molecule has 0 radical (unpaired) electrons. The van der Waals surface area contributed by atoms with Crippen LogP contribution in [0.5, 0.6) is 0 Å². The van der Waals surface area contributed by atoms with Crippen LogP contribution < -0.4 is 0 Å². The van der Waals surface area contributed by atoms with Crippen LogP contribution in [0.3, 0.4) is 0 Å². The van der Waals surface area contributed by atoms with E-state index in [1.165, 1.54) is 12.3 Å². The van der Waals surface area contributed by atoms with Gasteiger partial charge in [0.1, 0.15) is 11.2 Å². The summed E-state index contributed by atoms with van der Waals surface area (Å²) in [6.07, 6.45) is 5.07. The summed E-state index contributed by atoms with van der Waals surface area (Å²) in [5.74, 6) is -3.43. The molecule has 180 valence electrons. The lowest BCUT2D eigenvalue weighted by atomic mass is 10.0. The number of carbonyl (C=O) groups is 1. The van der Waals surface area contributed by atoms with E-state index in [0.29, 0.717) is 28.1 Å². The zero-order chi connectivity index (χ0) is 24.9. The highest BCUT2D eigenvalue weighted by Gasteiger charge is 2.37. The SMILES string of the molecule is Cn1cc2cc(-c3nc4cc(C(=O)N5CCCC(F)(F)C5)ncc4nc3-c3ccccc3)cnc2n1. The smallest absolute Gasteiger partial charge is 0.272 e. The van der Waals surface area contributed by atoms with E-state index >= 15 is 0 Å². The molecule has 0 spiro atoms. The Bertz CT molecular complexity index is 1620. The Balaban J connectivity index is 1.48. The maximum atomic E-state index is 13.9. The first-order valence-electron chi connectivity index (χ1n) is 11.6. The third-order valence-electron chi connectivity index (χ3n) is 6.24. The molecule has 5 aromatic rings. The average Bonchev–Trinajstić information content (AvgIpc) is 3.26. The molecule has 0 N–H and O–H groups in total. The number of rotatable bonds is 3. The van der Waals surface area contributed by atoms with Crippen molar-refractivity contribution in [1.82, 2.24) is 34.6 Å². The summed E-state index contributed by atoms with van der Waals surface area (Å²) < 4.78 is 29.5. The molecule has 5 heterocycles. The summed E-state index contributed by atoms with van der Waals surface area (Å²) in [6, 6.07) is 13.1. The van der Waals surface area contributed by atoms with Crippen LogP contribution in [0.4, 0.5) is 8.78 Å². The van der Waals surface area contributed by atoms with Crippen molar-refractivity contribution in [2.24, 2.45) is 7.05 Å². The van der Waals surface area contributed by atoms with Crippen molar-refractivity contribution >= 4 is 28.0 Å². The van der Waals surface area contributed by atoms with Gasteiger partial charge in [0, 0.05) is 48.9 Å². The van der Waals surface area contributed by atoms with Gasteiger partial charge in [0.2, 0.25) is 0 Å². The lowest BCUT2D eigenvalue weighted by Crippen LogP contribution is -2.45. The topological polar surface area (TPSA) is 89.7 Å². The Kier molecular flexibility index (Phi) is 5.17. The molecule has 0 unspecified atom stereocenters. The Morgan fingerprint density at radius 2 is 1.75 bits per heavy atom. The van der Waals surface area contributed by atoms with Crippen molar-refractivity contribution in [3.8, 4) is 22.5 Å². The van der Waals surface area contributed by atoms with E-state index < -0.39 is 18.4 Å². The van der Waals surface area contributed by atoms with Crippen LogP contribution in [0.1, 0.15) is 23.3 Å². The number of amides is 1. The lowest BCUT2D eigenvalue weighted by molar-refractivity contribution is -0.0561.